The van der Waals surface area contributed by atoms with Gasteiger partial charge in [-0.05, 0) is 60.2 Å². The van der Waals surface area contributed by atoms with Gasteiger partial charge in [-0.2, -0.15) is 0 Å². The summed E-state index contributed by atoms with van der Waals surface area (Å²) in [7, 11) is 1.64. The predicted octanol–water partition coefficient (Wildman–Crippen LogP) is 6.54. The van der Waals surface area contributed by atoms with Crippen molar-refractivity contribution in [1.82, 2.24) is 9.38 Å². The second-order valence-electron chi connectivity index (χ2n) is 9.15. The van der Waals surface area contributed by atoms with Crippen LogP contribution in [0, 0.1) is 0 Å². The molecular weight excluding hydrogens is 500 g/mol. The van der Waals surface area contributed by atoms with Crippen LogP contribution in [0.3, 0.4) is 0 Å². The molecule has 0 unspecified atom stereocenters. The average molecular weight is 525 g/mol. The molecule has 0 aliphatic carbocycles. The average Bonchev–Trinajstić information content (AvgIpc) is 3.24. The molecule has 0 fully saturated rings. The predicted molar refractivity (Wildman–Crippen MR) is 151 cm³/mol. The molecule has 0 aliphatic rings. The fraction of sp³-hybridized carbons (Fsp3) is 0.161. The molecule has 0 N–H and O–H groups in total. The molecule has 0 saturated carbocycles. The van der Waals surface area contributed by atoms with Crippen LogP contribution in [0.15, 0.2) is 90.1 Å². The van der Waals surface area contributed by atoms with E-state index in [0.29, 0.717) is 47.8 Å². The molecule has 6 rings (SSSR count). The zero-order valence-electron chi connectivity index (χ0n) is 20.8. The van der Waals surface area contributed by atoms with Gasteiger partial charge in [-0.1, -0.05) is 23.7 Å². The molecule has 6 aromatic rings. The van der Waals surface area contributed by atoms with Gasteiger partial charge in [-0.15, -0.1) is 0 Å². The Labute approximate surface area is 224 Å². The van der Waals surface area contributed by atoms with Crippen molar-refractivity contribution in [3.8, 4) is 17.2 Å². The first-order valence-electron chi connectivity index (χ1n) is 12.4. The van der Waals surface area contributed by atoms with Crippen molar-refractivity contribution in [3.05, 3.63) is 112 Å². The number of hydrogen-bond acceptors (Lipinski definition) is 5. The zero-order chi connectivity index (χ0) is 26.1. The van der Waals surface area contributed by atoms with Crippen LogP contribution in [0.2, 0.25) is 5.02 Å². The fourth-order valence-corrected chi connectivity index (χ4v) is 5.03. The van der Waals surface area contributed by atoms with Crippen LogP contribution < -0.4 is 19.6 Å². The maximum atomic E-state index is 13.7. The highest BCUT2D eigenvalue weighted by molar-refractivity contribution is 6.31. The second-order valence-corrected chi connectivity index (χ2v) is 9.58. The third-order valence-electron chi connectivity index (χ3n) is 6.66. The lowest BCUT2D eigenvalue weighted by atomic mass is 10.0. The van der Waals surface area contributed by atoms with Gasteiger partial charge in [0.25, 0.3) is 0 Å². The normalized spacial score (nSPS) is 11.4. The van der Waals surface area contributed by atoms with Crippen molar-refractivity contribution < 1.29 is 14.2 Å². The van der Waals surface area contributed by atoms with E-state index in [0.717, 1.165) is 38.9 Å². The van der Waals surface area contributed by atoms with Gasteiger partial charge >= 0.3 is 0 Å². The molecule has 3 aromatic heterocycles. The highest BCUT2D eigenvalue weighted by Gasteiger charge is 2.18. The van der Waals surface area contributed by atoms with Gasteiger partial charge in [0, 0.05) is 52.8 Å². The Kier molecular flexibility index (Phi) is 6.48. The molecule has 190 valence electrons. The molecule has 3 heterocycles. The van der Waals surface area contributed by atoms with Crippen molar-refractivity contribution in [3.63, 3.8) is 0 Å². The Balaban J connectivity index is 1.30. The molecule has 38 heavy (non-hydrogen) atoms. The molecule has 0 amide bonds. The van der Waals surface area contributed by atoms with Crippen molar-refractivity contribution in [2.24, 2.45) is 0 Å². The van der Waals surface area contributed by atoms with Gasteiger partial charge in [0.05, 0.1) is 36.7 Å². The molecule has 7 heteroatoms. The summed E-state index contributed by atoms with van der Waals surface area (Å²) in [6.07, 6.45) is 6.63. The van der Waals surface area contributed by atoms with Crippen LogP contribution in [0.1, 0.15) is 17.5 Å². The first-order valence-corrected chi connectivity index (χ1v) is 12.8. The Morgan fingerprint density at radius 3 is 2.39 bits per heavy atom. The van der Waals surface area contributed by atoms with E-state index in [-0.39, 0.29) is 5.43 Å². The summed E-state index contributed by atoms with van der Waals surface area (Å²) < 4.78 is 19.2. The Morgan fingerprint density at radius 2 is 1.63 bits per heavy atom. The summed E-state index contributed by atoms with van der Waals surface area (Å²) in [5, 5.41) is 3.25. The first-order chi connectivity index (χ1) is 18.6. The van der Waals surface area contributed by atoms with Gasteiger partial charge in [0.15, 0.2) is 5.43 Å². The molecule has 3 aromatic carbocycles. The first kappa shape index (κ1) is 24.1. The number of fused-ring (bicyclic) bond motifs is 3. The van der Waals surface area contributed by atoms with Crippen molar-refractivity contribution >= 4 is 38.8 Å². The van der Waals surface area contributed by atoms with E-state index in [1.165, 1.54) is 0 Å². The van der Waals surface area contributed by atoms with Crippen molar-refractivity contribution in [2.75, 3.05) is 20.3 Å². The van der Waals surface area contributed by atoms with Gasteiger partial charge in [0.1, 0.15) is 17.2 Å². The largest absolute Gasteiger partial charge is 0.497 e. The van der Waals surface area contributed by atoms with Crippen LogP contribution in [0.4, 0.5) is 0 Å². The Hall–Kier alpha value is -4.29. The van der Waals surface area contributed by atoms with Gasteiger partial charge < -0.3 is 18.6 Å². The van der Waals surface area contributed by atoms with E-state index < -0.39 is 0 Å². The van der Waals surface area contributed by atoms with Crippen LogP contribution in [-0.2, 0) is 6.42 Å². The standard InChI is InChI=1S/C31H25ClN2O4/c1-36-23-6-8-24(9-7-23)37-12-3-13-38-25-16-27-26-10-5-22(32)15-29(26)34-19-21(14-20-4-2-11-33-18-20)31(35)28(17-25)30(27)34/h2,4-11,15-19H,3,12-14H2,1H3. The van der Waals surface area contributed by atoms with Crippen molar-refractivity contribution in [1.29, 1.82) is 0 Å². The lowest BCUT2D eigenvalue weighted by Gasteiger charge is -2.11. The summed E-state index contributed by atoms with van der Waals surface area (Å²) >= 11 is 6.36. The summed E-state index contributed by atoms with van der Waals surface area (Å²) in [5.74, 6) is 2.22. The van der Waals surface area contributed by atoms with E-state index in [9.17, 15) is 4.79 Å². The van der Waals surface area contributed by atoms with Gasteiger partial charge in [0.2, 0.25) is 0 Å². The summed E-state index contributed by atoms with van der Waals surface area (Å²) in [4.78, 5) is 17.9. The maximum absolute atomic E-state index is 13.7. The molecule has 6 nitrogen and oxygen atoms in total. The molecule has 0 radical (unpaired) electrons. The number of aromatic nitrogens is 2. The topological polar surface area (TPSA) is 62.1 Å². The third kappa shape index (κ3) is 4.59. The number of methoxy groups -OCH3 is 1. The Bertz CT molecular complexity index is 1780. The second kappa shape index (κ2) is 10.2. The van der Waals surface area contributed by atoms with E-state index in [1.807, 2.05) is 72.9 Å². The van der Waals surface area contributed by atoms with Crippen molar-refractivity contribution in [2.45, 2.75) is 12.8 Å². The number of rotatable bonds is 9. The number of nitrogens with zero attached hydrogens (tertiary/aromatic N) is 2. The fourth-order valence-electron chi connectivity index (χ4n) is 4.86. The lowest BCUT2D eigenvalue weighted by molar-refractivity contribution is 0.247. The summed E-state index contributed by atoms with van der Waals surface area (Å²) in [6.45, 7) is 0.967. The molecular formula is C31H25ClN2O4. The quantitative estimate of drug-likeness (QED) is 0.201. The van der Waals surface area contributed by atoms with E-state index >= 15 is 0 Å². The molecule has 0 saturated heterocycles. The number of pyridine rings is 2. The third-order valence-corrected chi connectivity index (χ3v) is 6.89. The number of hydrogen-bond donors (Lipinski definition) is 0. The number of halogens is 1. The lowest BCUT2D eigenvalue weighted by Crippen LogP contribution is -2.12. The molecule has 0 aliphatic heterocycles. The number of benzene rings is 3. The smallest absolute Gasteiger partial charge is 0.193 e. The Morgan fingerprint density at radius 1 is 0.868 bits per heavy atom. The van der Waals surface area contributed by atoms with Gasteiger partial charge in [-0.25, -0.2) is 0 Å². The minimum Gasteiger partial charge on any atom is -0.497 e. The van der Waals surface area contributed by atoms with Crippen LogP contribution in [-0.4, -0.2) is 29.7 Å². The highest BCUT2D eigenvalue weighted by atomic mass is 35.5. The van der Waals surface area contributed by atoms with Crippen LogP contribution in [0.5, 0.6) is 17.2 Å². The van der Waals surface area contributed by atoms with Gasteiger partial charge in [-0.3, -0.25) is 9.78 Å². The van der Waals surface area contributed by atoms with E-state index in [4.69, 9.17) is 25.8 Å². The summed E-state index contributed by atoms with van der Waals surface area (Å²) in [5.41, 5.74) is 3.49. The minimum atomic E-state index is -0.00598. The summed E-state index contributed by atoms with van der Waals surface area (Å²) in [6, 6.07) is 21.0. The SMILES string of the molecule is COc1ccc(OCCCOc2cc3c(=O)c(Cc4cccnc4)cn4c5cc(Cl)ccc5c(c2)c34)cc1. The molecule has 0 spiro atoms. The van der Waals surface area contributed by atoms with E-state index in [2.05, 4.69) is 9.38 Å². The minimum absolute atomic E-state index is 0.00598. The number of ether oxygens (including phenoxy) is 3. The van der Waals surface area contributed by atoms with Crippen LogP contribution >= 0.6 is 11.6 Å². The highest BCUT2D eigenvalue weighted by Crippen LogP contribution is 2.35. The van der Waals surface area contributed by atoms with Crippen LogP contribution in [0.25, 0.3) is 27.2 Å². The maximum Gasteiger partial charge on any atom is 0.193 e. The zero-order valence-corrected chi connectivity index (χ0v) is 21.6. The molecule has 0 bridgehead atoms. The van der Waals surface area contributed by atoms with E-state index in [1.54, 1.807) is 19.5 Å². The molecule has 0 atom stereocenters. The monoisotopic (exact) mass is 524 g/mol.